The standard InChI is InChI=1S/C18H19F2N3O5S2/c19-17(20)28-12-5-1-10(2-6-12)15-16(25)23(18(26)29-15)9-14(24)22-11-3-7-13(8-4-11)30(21)27/h3-4,7-8,12,17H,1-2,5-6,9,21H2,(H,22,24). The van der Waals surface area contributed by atoms with E-state index in [4.69, 9.17) is 5.14 Å². The zero-order valence-electron chi connectivity index (χ0n) is 15.6. The fraction of sp³-hybridized carbons (Fsp3) is 0.389. The van der Waals surface area contributed by atoms with Crippen LogP contribution in [0.4, 0.5) is 19.3 Å². The molecular formula is C18H19F2N3O5S2. The number of amides is 3. The van der Waals surface area contributed by atoms with Gasteiger partial charge in [-0.05, 0) is 61.7 Å². The summed E-state index contributed by atoms with van der Waals surface area (Å²) in [4.78, 5) is 38.6. The molecule has 2 fully saturated rings. The maximum absolute atomic E-state index is 12.6. The third-order valence-electron chi connectivity index (χ3n) is 4.67. The van der Waals surface area contributed by atoms with Gasteiger partial charge in [-0.25, -0.2) is 9.35 Å². The monoisotopic (exact) mass is 459 g/mol. The van der Waals surface area contributed by atoms with Crippen molar-refractivity contribution in [2.75, 3.05) is 11.9 Å². The van der Waals surface area contributed by atoms with Gasteiger partial charge in [-0.1, -0.05) is 5.57 Å². The molecule has 8 nitrogen and oxygen atoms in total. The summed E-state index contributed by atoms with van der Waals surface area (Å²) >= 11 is 0.757. The zero-order valence-corrected chi connectivity index (χ0v) is 17.3. The van der Waals surface area contributed by atoms with Gasteiger partial charge in [0.25, 0.3) is 11.1 Å². The van der Waals surface area contributed by atoms with Crippen molar-refractivity contribution in [2.24, 2.45) is 5.14 Å². The number of nitrogens with one attached hydrogen (secondary N) is 1. The highest BCUT2D eigenvalue weighted by Crippen LogP contribution is 2.38. The molecule has 0 aromatic heterocycles. The van der Waals surface area contributed by atoms with E-state index in [1.807, 2.05) is 0 Å². The maximum atomic E-state index is 12.6. The van der Waals surface area contributed by atoms with Crippen LogP contribution in [-0.4, -0.2) is 45.4 Å². The van der Waals surface area contributed by atoms with Gasteiger partial charge in [0, 0.05) is 5.69 Å². The van der Waals surface area contributed by atoms with Crippen LogP contribution in [0.15, 0.2) is 39.6 Å². The average molecular weight is 459 g/mol. The van der Waals surface area contributed by atoms with Crippen molar-refractivity contribution in [2.45, 2.75) is 43.3 Å². The number of thioether (sulfide) groups is 1. The number of allylic oxidation sites excluding steroid dienone is 1. The number of hydrogen-bond acceptors (Lipinski definition) is 6. The second kappa shape index (κ2) is 9.77. The lowest BCUT2D eigenvalue weighted by molar-refractivity contribution is -0.167. The molecule has 1 aromatic carbocycles. The van der Waals surface area contributed by atoms with E-state index < -0.39 is 47.3 Å². The van der Waals surface area contributed by atoms with E-state index >= 15 is 0 Å². The molecule has 1 saturated carbocycles. The lowest BCUT2D eigenvalue weighted by atomic mass is 9.92. The summed E-state index contributed by atoms with van der Waals surface area (Å²) in [6.07, 6.45) is 0.878. The van der Waals surface area contributed by atoms with E-state index in [1.165, 1.54) is 24.3 Å². The number of rotatable bonds is 6. The molecule has 0 spiro atoms. The molecule has 2 aliphatic rings. The second-order valence-electron chi connectivity index (χ2n) is 6.66. The van der Waals surface area contributed by atoms with Gasteiger partial charge in [-0.2, -0.15) is 8.78 Å². The summed E-state index contributed by atoms with van der Waals surface area (Å²) < 4.78 is 40.3. The number of nitrogens with zero attached hydrogens (tertiary/aromatic N) is 1. The highest BCUT2D eigenvalue weighted by atomic mass is 32.2. The Morgan fingerprint density at radius 3 is 2.47 bits per heavy atom. The van der Waals surface area contributed by atoms with E-state index in [-0.39, 0.29) is 4.91 Å². The predicted octanol–water partition coefficient (Wildman–Crippen LogP) is 2.74. The van der Waals surface area contributed by atoms with Crippen molar-refractivity contribution in [3.05, 3.63) is 34.7 Å². The smallest absolute Gasteiger partial charge is 0.325 e. The molecule has 3 N–H and O–H groups in total. The van der Waals surface area contributed by atoms with Crippen LogP contribution in [0, 0.1) is 0 Å². The van der Waals surface area contributed by atoms with E-state index in [1.54, 1.807) is 0 Å². The van der Waals surface area contributed by atoms with Gasteiger partial charge < -0.3 is 10.1 Å². The third-order valence-corrected chi connectivity index (χ3v) is 6.47. The molecule has 30 heavy (non-hydrogen) atoms. The predicted molar refractivity (Wildman–Crippen MR) is 107 cm³/mol. The van der Waals surface area contributed by atoms with Crippen molar-refractivity contribution in [1.29, 1.82) is 0 Å². The lowest BCUT2D eigenvalue weighted by Crippen LogP contribution is -2.36. The number of alkyl halides is 2. The summed E-state index contributed by atoms with van der Waals surface area (Å²) in [5, 5.41) is 7.26. The fourth-order valence-electron chi connectivity index (χ4n) is 3.22. The number of ether oxygens (including phenoxy) is 1. The first-order valence-electron chi connectivity index (χ1n) is 9.00. The summed E-state index contributed by atoms with van der Waals surface area (Å²) in [6.45, 7) is -3.29. The lowest BCUT2D eigenvalue weighted by Gasteiger charge is -2.24. The molecule has 1 atom stereocenters. The Labute approximate surface area is 177 Å². The Bertz CT molecular complexity index is 898. The minimum Gasteiger partial charge on any atom is -0.325 e. The summed E-state index contributed by atoms with van der Waals surface area (Å²) in [6, 6.07) is 6.00. The van der Waals surface area contributed by atoms with Crippen molar-refractivity contribution in [3.8, 4) is 0 Å². The topological polar surface area (TPSA) is 119 Å². The van der Waals surface area contributed by atoms with Gasteiger partial charge in [0.1, 0.15) is 17.5 Å². The van der Waals surface area contributed by atoms with Crippen LogP contribution in [0.5, 0.6) is 0 Å². The molecule has 162 valence electrons. The van der Waals surface area contributed by atoms with Crippen molar-refractivity contribution in [1.82, 2.24) is 4.90 Å². The molecule has 0 bridgehead atoms. The van der Waals surface area contributed by atoms with E-state index in [9.17, 15) is 27.4 Å². The van der Waals surface area contributed by atoms with Gasteiger partial charge in [0.15, 0.2) is 0 Å². The fourth-order valence-corrected chi connectivity index (χ4v) is 4.60. The van der Waals surface area contributed by atoms with Gasteiger partial charge in [0.05, 0.1) is 15.9 Å². The Balaban J connectivity index is 1.59. The molecule has 0 radical (unpaired) electrons. The molecule has 1 aromatic rings. The number of imide groups is 1. The Hall–Kier alpha value is -2.15. The first-order valence-corrected chi connectivity index (χ1v) is 11.0. The van der Waals surface area contributed by atoms with Crippen molar-refractivity contribution in [3.63, 3.8) is 0 Å². The Morgan fingerprint density at radius 2 is 1.90 bits per heavy atom. The van der Waals surface area contributed by atoms with Crippen LogP contribution < -0.4 is 10.5 Å². The molecule has 12 heteroatoms. The number of nitrogens with two attached hydrogens (primary N) is 1. The first-order chi connectivity index (χ1) is 14.2. The quantitative estimate of drug-likeness (QED) is 0.632. The first kappa shape index (κ1) is 22.5. The minimum atomic E-state index is -2.84. The molecular weight excluding hydrogens is 440 g/mol. The van der Waals surface area contributed by atoms with Gasteiger partial charge in [-0.15, -0.1) is 0 Å². The van der Waals surface area contributed by atoms with E-state index in [0.29, 0.717) is 36.3 Å². The summed E-state index contributed by atoms with van der Waals surface area (Å²) in [7, 11) is -1.64. The molecule has 1 saturated heterocycles. The van der Waals surface area contributed by atoms with Crippen LogP contribution in [0.1, 0.15) is 25.7 Å². The summed E-state index contributed by atoms with van der Waals surface area (Å²) in [5.41, 5.74) is 1.12. The number of carbonyl (C=O) groups excluding carboxylic acids is 3. The minimum absolute atomic E-state index is 0.262. The highest BCUT2D eigenvalue weighted by Gasteiger charge is 2.39. The molecule has 1 aliphatic carbocycles. The Morgan fingerprint density at radius 1 is 1.27 bits per heavy atom. The number of hydrogen-bond donors (Lipinski definition) is 2. The van der Waals surface area contributed by atoms with E-state index in [2.05, 4.69) is 10.1 Å². The number of carbonyl (C=O) groups is 3. The van der Waals surface area contributed by atoms with Crippen LogP contribution in [-0.2, 0) is 25.3 Å². The van der Waals surface area contributed by atoms with Crippen LogP contribution >= 0.6 is 11.8 Å². The molecule has 1 aliphatic heterocycles. The zero-order chi connectivity index (χ0) is 21.8. The SMILES string of the molecule is NS(=O)c1ccc(NC(=O)CN2C(=O)SC(=C3CCC(OC(F)F)CC3)C2=O)cc1. The summed E-state index contributed by atoms with van der Waals surface area (Å²) in [5.74, 6) is -1.13. The van der Waals surface area contributed by atoms with Gasteiger partial charge in [0.2, 0.25) is 5.91 Å². The molecule has 3 amide bonds. The largest absolute Gasteiger partial charge is 0.345 e. The number of halogens is 2. The van der Waals surface area contributed by atoms with Crippen LogP contribution in [0.2, 0.25) is 0 Å². The van der Waals surface area contributed by atoms with Gasteiger partial charge >= 0.3 is 6.61 Å². The average Bonchev–Trinajstić information content (AvgIpc) is 2.97. The van der Waals surface area contributed by atoms with Gasteiger partial charge in [-0.3, -0.25) is 19.3 Å². The van der Waals surface area contributed by atoms with Crippen molar-refractivity contribution >= 4 is 45.5 Å². The second-order valence-corrected chi connectivity index (χ2v) is 8.69. The number of benzene rings is 1. The molecule has 3 rings (SSSR count). The maximum Gasteiger partial charge on any atom is 0.345 e. The number of anilines is 1. The van der Waals surface area contributed by atoms with Crippen molar-refractivity contribution < 1.29 is 32.1 Å². The van der Waals surface area contributed by atoms with E-state index in [0.717, 1.165) is 22.2 Å². The normalized spacial score (nSPS) is 20.8. The molecule has 1 heterocycles. The Kier molecular flexibility index (Phi) is 7.34. The van der Waals surface area contributed by atoms with Crippen LogP contribution in [0.25, 0.3) is 0 Å². The highest BCUT2D eigenvalue weighted by molar-refractivity contribution is 8.18. The molecule has 1 unspecified atom stereocenters. The van der Waals surface area contributed by atoms with Crippen LogP contribution in [0.3, 0.4) is 0 Å². The third kappa shape index (κ3) is 5.50.